The summed E-state index contributed by atoms with van der Waals surface area (Å²) < 4.78 is 0. The number of nitrogens with zero attached hydrogens (tertiary/aromatic N) is 3. The van der Waals surface area contributed by atoms with Gasteiger partial charge in [0.2, 0.25) is 0 Å². The molecule has 0 radical (unpaired) electrons. The zero-order chi connectivity index (χ0) is 21.2. The minimum absolute atomic E-state index is 0.128. The molecule has 3 aromatic rings. The first kappa shape index (κ1) is 19.8. The predicted octanol–water partition coefficient (Wildman–Crippen LogP) is 4.33. The summed E-state index contributed by atoms with van der Waals surface area (Å²) in [6.07, 6.45) is 8.01. The van der Waals surface area contributed by atoms with Crippen LogP contribution in [0.3, 0.4) is 0 Å². The summed E-state index contributed by atoms with van der Waals surface area (Å²) in [5, 5.41) is 10.2. The average Bonchev–Trinajstić information content (AvgIpc) is 3.50. The minimum atomic E-state index is 0.128. The van der Waals surface area contributed by atoms with Crippen molar-refractivity contribution in [3.63, 3.8) is 0 Å². The van der Waals surface area contributed by atoms with Gasteiger partial charge in [-0.25, -0.2) is 0 Å². The molecule has 2 aromatic carbocycles. The fraction of sp³-hybridized carbons (Fsp3) is 0.385. The van der Waals surface area contributed by atoms with Gasteiger partial charge in [-0.15, -0.1) is 0 Å². The lowest BCUT2D eigenvalue weighted by Gasteiger charge is -2.38. The third-order valence-electron chi connectivity index (χ3n) is 6.91. The van der Waals surface area contributed by atoms with Crippen molar-refractivity contribution >= 4 is 16.8 Å². The molecule has 1 amide bonds. The number of piperazine rings is 1. The van der Waals surface area contributed by atoms with E-state index < -0.39 is 0 Å². The lowest BCUT2D eigenvalue weighted by Crippen LogP contribution is -2.51. The van der Waals surface area contributed by atoms with Crippen LogP contribution in [-0.4, -0.2) is 52.9 Å². The van der Waals surface area contributed by atoms with E-state index >= 15 is 0 Å². The smallest absolute Gasteiger partial charge is 0.254 e. The van der Waals surface area contributed by atoms with Crippen LogP contribution in [-0.2, 0) is 6.42 Å². The topological polar surface area (TPSA) is 63.1 Å². The molecular formula is C26H28N4O. The maximum atomic E-state index is 13.5. The molecule has 0 unspecified atom stereocenters. The number of nitrogens with one attached hydrogen (secondary N) is 1. The molecule has 2 fully saturated rings. The van der Waals surface area contributed by atoms with Crippen LogP contribution in [0.2, 0.25) is 0 Å². The molecule has 0 bridgehead atoms. The second-order valence-electron chi connectivity index (χ2n) is 8.80. The number of benzene rings is 2. The first-order valence-corrected chi connectivity index (χ1v) is 11.3. The van der Waals surface area contributed by atoms with Crippen LogP contribution in [0.1, 0.15) is 52.7 Å². The Morgan fingerprint density at radius 2 is 1.84 bits per heavy atom. The second-order valence-corrected chi connectivity index (χ2v) is 8.80. The molecule has 0 atom stereocenters. The number of H-pyrrole nitrogens is 1. The van der Waals surface area contributed by atoms with Gasteiger partial charge in [0.25, 0.3) is 5.91 Å². The van der Waals surface area contributed by atoms with E-state index in [2.05, 4.69) is 16.0 Å². The Morgan fingerprint density at radius 3 is 2.61 bits per heavy atom. The van der Waals surface area contributed by atoms with Crippen LogP contribution in [0.5, 0.6) is 0 Å². The highest BCUT2D eigenvalue weighted by Gasteiger charge is 2.29. The van der Waals surface area contributed by atoms with Gasteiger partial charge in [-0.1, -0.05) is 31.0 Å². The Labute approximate surface area is 183 Å². The van der Waals surface area contributed by atoms with Crippen molar-refractivity contribution < 1.29 is 4.79 Å². The second kappa shape index (κ2) is 8.56. The standard InChI is InChI=1S/C26H28N4O/c27-17-20-6-3-5-19(15-20)16-21-18-28-24-10-4-9-23(25(21)24)26(31)30-13-11-29(12-14-30)22-7-1-2-8-22/h3-6,9-10,15,18,22,28H,1-2,7-8,11-14,16H2. The summed E-state index contributed by atoms with van der Waals surface area (Å²) >= 11 is 0. The number of nitriles is 1. The van der Waals surface area contributed by atoms with Crippen LogP contribution >= 0.6 is 0 Å². The fourth-order valence-electron chi connectivity index (χ4n) is 5.27. The van der Waals surface area contributed by atoms with Gasteiger partial charge >= 0.3 is 0 Å². The van der Waals surface area contributed by atoms with E-state index in [0.717, 1.165) is 59.8 Å². The molecule has 0 spiro atoms. The van der Waals surface area contributed by atoms with Crippen molar-refractivity contribution in [2.45, 2.75) is 38.1 Å². The molecule has 5 rings (SSSR count). The van der Waals surface area contributed by atoms with Crippen LogP contribution in [0.4, 0.5) is 0 Å². The predicted molar refractivity (Wildman–Crippen MR) is 122 cm³/mol. The molecular weight excluding hydrogens is 384 g/mol. The van der Waals surface area contributed by atoms with Crippen molar-refractivity contribution in [1.29, 1.82) is 5.26 Å². The number of aromatic nitrogens is 1. The zero-order valence-corrected chi connectivity index (χ0v) is 17.8. The Kier molecular flexibility index (Phi) is 5.48. The highest BCUT2D eigenvalue weighted by atomic mass is 16.2. The largest absolute Gasteiger partial charge is 0.361 e. The van der Waals surface area contributed by atoms with Crippen molar-refractivity contribution in [3.05, 3.63) is 70.9 Å². The molecule has 1 saturated heterocycles. The van der Waals surface area contributed by atoms with E-state index in [9.17, 15) is 10.1 Å². The SMILES string of the molecule is N#Cc1cccc(Cc2c[nH]c3cccc(C(=O)N4CCN(C5CCCC5)CC4)c23)c1. The molecule has 2 aliphatic rings. The van der Waals surface area contributed by atoms with Gasteiger partial charge in [0.15, 0.2) is 0 Å². The number of aromatic amines is 1. The van der Waals surface area contributed by atoms with Gasteiger partial charge in [-0.05, 0) is 54.7 Å². The summed E-state index contributed by atoms with van der Waals surface area (Å²) in [5.74, 6) is 0.128. The molecule has 31 heavy (non-hydrogen) atoms. The summed E-state index contributed by atoms with van der Waals surface area (Å²) in [4.78, 5) is 21.4. The summed E-state index contributed by atoms with van der Waals surface area (Å²) in [7, 11) is 0. The number of carbonyl (C=O) groups excluding carboxylic acids is 1. The summed E-state index contributed by atoms with van der Waals surface area (Å²) in [6.45, 7) is 3.56. The van der Waals surface area contributed by atoms with Crippen LogP contribution in [0.15, 0.2) is 48.7 Å². The van der Waals surface area contributed by atoms with Gasteiger partial charge < -0.3 is 9.88 Å². The molecule has 1 aromatic heterocycles. The number of hydrogen-bond acceptors (Lipinski definition) is 3. The van der Waals surface area contributed by atoms with E-state index in [1.165, 1.54) is 25.7 Å². The number of rotatable bonds is 4. The van der Waals surface area contributed by atoms with Gasteiger partial charge in [-0.2, -0.15) is 5.26 Å². The van der Waals surface area contributed by atoms with Gasteiger partial charge in [0.05, 0.1) is 11.6 Å². The van der Waals surface area contributed by atoms with Crippen LogP contribution in [0.25, 0.3) is 10.9 Å². The highest BCUT2D eigenvalue weighted by molar-refractivity contribution is 6.07. The van der Waals surface area contributed by atoms with E-state index in [1.54, 1.807) is 0 Å². The summed E-state index contributed by atoms with van der Waals surface area (Å²) in [6, 6.07) is 16.6. The van der Waals surface area contributed by atoms with E-state index in [4.69, 9.17) is 0 Å². The molecule has 5 nitrogen and oxygen atoms in total. The minimum Gasteiger partial charge on any atom is -0.361 e. The molecule has 2 heterocycles. The van der Waals surface area contributed by atoms with Crippen molar-refractivity contribution in [1.82, 2.24) is 14.8 Å². The van der Waals surface area contributed by atoms with E-state index in [0.29, 0.717) is 12.0 Å². The lowest BCUT2D eigenvalue weighted by atomic mass is 9.99. The maximum absolute atomic E-state index is 13.5. The first-order valence-electron chi connectivity index (χ1n) is 11.3. The average molecular weight is 413 g/mol. The number of carbonyl (C=O) groups is 1. The Bertz CT molecular complexity index is 1130. The molecule has 1 N–H and O–H groups in total. The lowest BCUT2D eigenvalue weighted by molar-refractivity contribution is 0.0575. The quantitative estimate of drug-likeness (QED) is 0.694. The molecule has 1 saturated carbocycles. The van der Waals surface area contributed by atoms with Crippen molar-refractivity contribution in [2.75, 3.05) is 26.2 Å². The van der Waals surface area contributed by atoms with Crippen molar-refractivity contribution in [2.24, 2.45) is 0 Å². The third kappa shape index (κ3) is 3.96. The molecule has 1 aliphatic heterocycles. The van der Waals surface area contributed by atoms with Crippen molar-refractivity contribution in [3.8, 4) is 6.07 Å². The Balaban J connectivity index is 1.38. The molecule has 158 valence electrons. The van der Waals surface area contributed by atoms with Gasteiger partial charge in [-0.3, -0.25) is 9.69 Å². The van der Waals surface area contributed by atoms with Crippen LogP contribution < -0.4 is 0 Å². The molecule has 1 aliphatic carbocycles. The van der Waals surface area contributed by atoms with E-state index in [1.807, 2.05) is 53.6 Å². The number of fused-ring (bicyclic) bond motifs is 1. The van der Waals surface area contributed by atoms with Crippen LogP contribution in [0, 0.1) is 11.3 Å². The normalized spacial score (nSPS) is 17.8. The number of amides is 1. The Hall–Kier alpha value is -3.10. The number of hydrogen-bond donors (Lipinski definition) is 1. The summed E-state index contributed by atoms with van der Waals surface area (Å²) in [5.41, 5.74) is 4.60. The van der Waals surface area contributed by atoms with Gasteiger partial charge in [0.1, 0.15) is 0 Å². The third-order valence-corrected chi connectivity index (χ3v) is 6.91. The highest BCUT2D eigenvalue weighted by Crippen LogP contribution is 2.28. The first-order chi connectivity index (χ1) is 15.2. The monoisotopic (exact) mass is 412 g/mol. The van der Waals surface area contributed by atoms with E-state index in [-0.39, 0.29) is 5.91 Å². The van der Waals surface area contributed by atoms with Gasteiger partial charge in [0, 0.05) is 54.9 Å². The fourth-order valence-corrected chi connectivity index (χ4v) is 5.27. The molecule has 5 heteroatoms. The zero-order valence-electron chi connectivity index (χ0n) is 17.8. The Morgan fingerprint density at radius 1 is 1.06 bits per heavy atom. The maximum Gasteiger partial charge on any atom is 0.254 e.